The topological polar surface area (TPSA) is 85.0 Å². The van der Waals surface area contributed by atoms with E-state index in [1.165, 1.54) is 5.69 Å². The number of piperazine rings is 1. The van der Waals surface area contributed by atoms with Gasteiger partial charge in [-0.1, -0.05) is 18.2 Å². The molecule has 1 aromatic heterocycles. The average molecular weight is 436 g/mol. The Labute approximate surface area is 187 Å². The van der Waals surface area contributed by atoms with Crippen LogP contribution in [0.15, 0.2) is 48.7 Å². The lowest BCUT2D eigenvalue weighted by molar-refractivity contribution is 0.174. The van der Waals surface area contributed by atoms with Crippen LogP contribution >= 0.6 is 0 Å². The summed E-state index contributed by atoms with van der Waals surface area (Å²) in [5, 5.41) is 3.75. The van der Waals surface area contributed by atoms with E-state index in [1.807, 2.05) is 30.5 Å². The fourth-order valence-corrected chi connectivity index (χ4v) is 4.59. The largest absolute Gasteiger partial charge is 0.454 e. The molecule has 0 radical (unpaired) electrons. The number of benzene rings is 2. The summed E-state index contributed by atoms with van der Waals surface area (Å²) in [5.74, 6) is 1.68. The Morgan fingerprint density at radius 2 is 1.75 bits per heavy atom. The first kappa shape index (κ1) is 20.5. The Kier molecular flexibility index (Phi) is 5.77. The number of hydrogen-bond acceptors (Lipinski definition) is 5. The third-order valence-electron chi connectivity index (χ3n) is 6.26. The number of anilines is 2. The highest BCUT2D eigenvalue weighted by atomic mass is 16.7. The molecule has 1 saturated heterocycles. The number of nitrogens with zero attached hydrogens (tertiary/aromatic N) is 3. The van der Waals surface area contributed by atoms with Crippen molar-refractivity contribution in [1.82, 2.24) is 9.47 Å². The number of hydrogen-bond donors (Lipinski definition) is 2. The van der Waals surface area contributed by atoms with Gasteiger partial charge in [0.2, 0.25) is 6.79 Å². The second-order valence-corrected chi connectivity index (χ2v) is 8.32. The fraction of sp³-hybridized carbons (Fsp3) is 0.375. The number of urea groups is 1. The third kappa shape index (κ3) is 4.31. The number of fused-ring (bicyclic) bond motifs is 2. The number of ether oxygens (including phenoxy) is 2. The van der Waals surface area contributed by atoms with Gasteiger partial charge in [-0.15, -0.1) is 0 Å². The molecular formula is C24H29N5O3. The van der Waals surface area contributed by atoms with Gasteiger partial charge in [-0.3, -0.25) is 4.90 Å². The predicted molar refractivity (Wildman–Crippen MR) is 126 cm³/mol. The number of rotatable bonds is 7. The van der Waals surface area contributed by atoms with Crippen molar-refractivity contribution in [1.29, 1.82) is 0 Å². The number of para-hydroxylation sites is 1. The molecule has 2 amide bonds. The van der Waals surface area contributed by atoms with Crippen molar-refractivity contribution in [2.75, 3.05) is 49.7 Å². The quantitative estimate of drug-likeness (QED) is 0.555. The van der Waals surface area contributed by atoms with E-state index in [9.17, 15) is 4.79 Å². The molecule has 168 valence electrons. The highest BCUT2D eigenvalue weighted by Crippen LogP contribution is 2.35. The number of primary amides is 1. The van der Waals surface area contributed by atoms with E-state index in [-0.39, 0.29) is 0 Å². The van der Waals surface area contributed by atoms with Gasteiger partial charge < -0.3 is 30.0 Å². The summed E-state index contributed by atoms with van der Waals surface area (Å²) in [6.07, 6.45) is 4.20. The molecule has 8 heteroatoms. The van der Waals surface area contributed by atoms with Gasteiger partial charge in [-0.2, -0.15) is 0 Å². The van der Waals surface area contributed by atoms with E-state index >= 15 is 0 Å². The van der Waals surface area contributed by atoms with Crippen LogP contribution in [0.5, 0.6) is 11.5 Å². The smallest absolute Gasteiger partial charge is 0.316 e. The van der Waals surface area contributed by atoms with E-state index in [0.717, 1.165) is 80.2 Å². The van der Waals surface area contributed by atoms with Crippen molar-refractivity contribution in [2.24, 2.45) is 5.73 Å². The maximum Gasteiger partial charge on any atom is 0.316 e. The van der Waals surface area contributed by atoms with Crippen LogP contribution in [-0.2, 0) is 6.54 Å². The van der Waals surface area contributed by atoms with Gasteiger partial charge in [-0.25, -0.2) is 4.79 Å². The first-order valence-electron chi connectivity index (χ1n) is 11.2. The van der Waals surface area contributed by atoms with Crippen LogP contribution in [-0.4, -0.2) is 55.0 Å². The number of carbonyl (C=O) groups excluding carboxylic acids is 1. The van der Waals surface area contributed by atoms with Crippen molar-refractivity contribution in [3.8, 4) is 11.5 Å². The van der Waals surface area contributed by atoms with Crippen LogP contribution in [0.1, 0.15) is 12.8 Å². The highest BCUT2D eigenvalue weighted by Gasteiger charge is 2.20. The normalized spacial score (nSPS) is 15.9. The van der Waals surface area contributed by atoms with Crippen molar-refractivity contribution in [3.05, 3.63) is 48.7 Å². The third-order valence-corrected chi connectivity index (χ3v) is 6.26. The van der Waals surface area contributed by atoms with Gasteiger partial charge in [0.05, 0.1) is 11.2 Å². The lowest BCUT2D eigenvalue weighted by atomic mass is 10.2. The lowest BCUT2D eigenvalue weighted by Gasteiger charge is -2.36. The maximum atomic E-state index is 11.3. The van der Waals surface area contributed by atoms with E-state index in [2.05, 4.69) is 37.9 Å². The standard InChI is InChI=1S/C24H29N5O3/c25-24(30)26-20-16-29(21-6-2-1-5-19(20)21)10-4-3-9-27-11-13-28(14-12-27)18-7-8-22-23(15-18)32-17-31-22/h1-2,5-8,15-16H,3-4,9-14,17H2,(H3,25,26,30). The maximum absolute atomic E-state index is 11.3. The van der Waals surface area contributed by atoms with Gasteiger partial charge in [-0.05, 0) is 37.6 Å². The molecule has 0 saturated carbocycles. The summed E-state index contributed by atoms with van der Waals surface area (Å²) >= 11 is 0. The minimum Gasteiger partial charge on any atom is -0.454 e. The number of aryl methyl sites for hydroxylation is 1. The Morgan fingerprint density at radius 3 is 2.59 bits per heavy atom. The van der Waals surface area contributed by atoms with Crippen LogP contribution in [0.3, 0.4) is 0 Å². The molecule has 3 aromatic rings. The van der Waals surface area contributed by atoms with E-state index in [1.54, 1.807) is 0 Å². The molecule has 3 N–H and O–H groups in total. The van der Waals surface area contributed by atoms with Gasteiger partial charge >= 0.3 is 6.03 Å². The van der Waals surface area contributed by atoms with Gasteiger partial charge in [0, 0.05) is 56.1 Å². The first-order chi connectivity index (χ1) is 15.7. The van der Waals surface area contributed by atoms with Crippen LogP contribution in [0.2, 0.25) is 0 Å². The average Bonchev–Trinajstić information content (AvgIpc) is 3.41. The molecule has 2 aliphatic heterocycles. The zero-order valence-corrected chi connectivity index (χ0v) is 18.1. The molecule has 32 heavy (non-hydrogen) atoms. The van der Waals surface area contributed by atoms with Gasteiger partial charge in [0.15, 0.2) is 11.5 Å². The SMILES string of the molecule is NC(=O)Nc1cn(CCCCN2CCN(c3ccc4c(c3)OCO4)CC2)c2ccccc12. The molecule has 3 heterocycles. The molecule has 0 atom stereocenters. The fourth-order valence-electron chi connectivity index (χ4n) is 4.59. The number of nitrogens with one attached hydrogen (secondary N) is 1. The first-order valence-corrected chi connectivity index (χ1v) is 11.2. The molecule has 8 nitrogen and oxygen atoms in total. The monoisotopic (exact) mass is 435 g/mol. The Morgan fingerprint density at radius 1 is 0.969 bits per heavy atom. The zero-order valence-electron chi connectivity index (χ0n) is 18.1. The second kappa shape index (κ2) is 9.00. The summed E-state index contributed by atoms with van der Waals surface area (Å²) < 4.78 is 13.1. The van der Waals surface area contributed by atoms with Crippen molar-refractivity contribution < 1.29 is 14.3 Å². The van der Waals surface area contributed by atoms with E-state index < -0.39 is 6.03 Å². The van der Waals surface area contributed by atoms with Crippen LogP contribution < -0.4 is 25.4 Å². The van der Waals surface area contributed by atoms with Crippen molar-refractivity contribution >= 4 is 28.3 Å². The van der Waals surface area contributed by atoms with E-state index in [4.69, 9.17) is 15.2 Å². The molecule has 0 aliphatic carbocycles. The molecule has 2 aromatic carbocycles. The van der Waals surface area contributed by atoms with Gasteiger partial charge in [0.1, 0.15) is 0 Å². The summed E-state index contributed by atoms with van der Waals surface area (Å²) in [6.45, 7) is 6.49. The van der Waals surface area contributed by atoms with Crippen LogP contribution in [0, 0.1) is 0 Å². The van der Waals surface area contributed by atoms with Crippen LogP contribution in [0.25, 0.3) is 10.9 Å². The minimum absolute atomic E-state index is 0.314. The Bertz CT molecular complexity index is 1100. The number of nitrogens with two attached hydrogens (primary N) is 1. The van der Waals surface area contributed by atoms with Crippen LogP contribution in [0.4, 0.5) is 16.2 Å². The van der Waals surface area contributed by atoms with Crippen molar-refractivity contribution in [2.45, 2.75) is 19.4 Å². The summed E-state index contributed by atoms with van der Waals surface area (Å²) in [4.78, 5) is 16.3. The molecule has 0 unspecified atom stereocenters. The summed E-state index contributed by atoms with van der Waals surface area (Å²) in [5.41, 5.74) is 8.41. The minimum atomic E-state index is -0.534. The lowest BCUT2D eigenvalue weighted by Crippen LogP contribution is -2.46. The predicted octanol–water partition coefficient (Wildman–Crippen LogP) is 3.46. The molecular weight excluding hydrogens is 406 g/mol. The second-order valence-electron chi connectivity index (χ2n) is 8.32. The summed E-state index contributed by atoms with van der Waals surface area (Å²) in [7, 11) is 0. The number of amides is 2. The van der Waals surface area contributed by atoms with E-state index in [0.29, 0.717) is 6.79 Å². The van der Waals surface area contributed by atoms with Gasteiger partial charge in [0.25, 0.3) is 0 Å². The number of unbranched alkanes of at least 4 members (excludes halogenated alkanes) is 1. The molecule has 2 aliphatic rings. The molecule has 0 spiro atoms. The van der Waals surface area contributed by atoms with Crippen molar-refractivity contribution in [3.63, 3.8) is 0 Å². The number of carbonyl (C=O) groups is 1. The molecule has 1 fully saturated rings. The molecule has 0 bridgehead atoms. The molecule has 5 rings (SSSR count). The Hall–Kier alpha value is -3.39. The summed E-state index contributed by atoms with van der Waals surface area (Å²) in [6, 6.07) is 13.8. The Balaban J connectivity index is 1.10. The number of aromatic nitrogens is 1. The zero-order chi connectivity index (χ0) is 21.9. The highest BCUT2D eigenvalue weighted by molar-refractivity contribution is 6.00.